The fraction of sp³-hybridized carbons (Fsp3) is 0.929. The third-order valence-electron chi connectivity index (χ3n) is 3.69. The molecule has 0 spiro atoms. The smallest absolute Gasteiger partial charge is 0.239 e. The number of nitrogens with zero attached hydrogens (tertiary/aromatic N) is 1. The van der Waals surface area contributed by atoms with Gasteiger partial charge in [-0.15, -0.1) is 0 Å². The highest BCUT2D eigenvalue weighted by atomic mass is 16.2. The highest BCUT2D eigenvalue weighted by Crippen LogP contribution is 2.29. The van der Waals surface area contributed by atoms with Crippen molar-refractivity contribution < 1.29 is 4.79 Å². The van der Waals surface area contributed by atoms with Gasteiger partial charge in [-0.3, -0.25) is 4.79 Å². The number of hydrogen-bond acceptors (Lipinski definition) is 2. The van der Waals surface area contributed by atoms with Crippen LogP contribution in [0.3, 0.4) is 0 Å². The topological polar surface area (TPSA) is 46.3 Å². The maximum absolute atomic E-state index is 12.2. The summed E-state index contributed by atoms with van der Waals surface area (Å²) >= 11 is 0. The number of rotatable bonds is 3. The number of carbonyl (C=O) groups is 1. The van der Waals surface area contributed by atoms with Gasteiger partial charge in [0.2, 0.25) is 5.91 Å². The normalized spacial score (nSPS) is 22.4. The van der Waals surface area contributed by atoms with Crippen molar-refractivity contribution in [1.29, 1.82) is 0 Å². The summed E-state index contributed by atoms with van der Waals surface area (Å²) < 4.78 is 0. The molecule has 0 radical (unpaired) electrons. The molecule has 0 aromatic rings. The summed E-state index contributed by atoms with van der Waals surface area (Å²) in [6.45, 7) is 10.5. The first-order chi connectivity index (χ1) is 7.82. The lowest BCUT2D eigenvalue weighted by Crippen LogP contribution is -2.44. The molecule has 0 aliphatic carbocycles. The van der Waals surface area contributed by atoms with Crippen molar-refractivity contribution >= 4 is 5.91 Å². The van der Waals surface area contributed by atoms with Crippen LogP contribution in [-0.4, -0.2) is 29.9 Å². The first-order valence-electron chi connectivity index (χ1n) is 6.86. The summed E-state index contributed by atoms with van der Waals surface area (Å²) in [5, 5.41) is 0. The molecular formula is C14H28N2O. The van der Waals surface area contributed by atoms with E-state index in [9.17, 15) is 4.79 Å². The van der Waals surface area contributed by atoms with Gasteiger partial charge in [-0.25, -0.2) is 0 Å². The molecule has 3 nitrogen and oxygen atoms in total. The lowest BCUT2D eigenvalue weighted by molar-refractivity contribution is -0.133. The minimum absolute atomic E-state index is 0.149. The van der Waals surface area contributed by atoms with Crippen molar-refractivity contribution in [2.75, 3.05) is 13.1 Å². The van der Waals surface area contributed by atoms with Crippen molar-refractivity contribution in [2.45, 2.75) is 59.4 Å². The molecule has 1 rings (SSSR count). The van der Waals surface area contributed by atoms with E-state index in [1.165, 1.54) is 6.42 Å². The molecular weight excluding hydrogens is 212 g/mol. The van der Waals surface area contributed by atoms with E-state index >= 15 is 0 Å². The van der Waals surface area contributed by atoms with Crippen LogP contribution in [0.2, 0.25) is 0 Å². The third kappa shape index (κ3) is 4.66. The fourth-order valence-corrected chi connectivity index (χ4v) is 2.49. The van der Waals surface area contributed by atoms with E-state index in [0.717, 1.165) is 32.4 Å². The molecule has 1 aliphatic rings. The monoisotopic (exact) mass is 240 g/mol. The van der Waals surface area contributed by atoms with Gasteiger partial charge < -0.3 is 10.6 Å². The molecule has 1 saturated heterocycles. The average molecular weight is 240 g/mol. The number of likely N-dealkylation sites (tertiary alicyclic amines) is 1. The summed E-state index contributed by atoms with van der Waals surface area (Å²) in [5.74, 6) is 0.633. The average Bonchev–Trinajstić information content (AvgIpc) is 2.37. The Morgan fingerprint density at radius 3 is 2.53 bits per heavy atom. The van der Waals surface area contributed by atoms with E-state index in [0.29, 0.717) is 11.3 Å². The first kappa shape index (κ1) is 14.5. The van der Waals surface area contributed by atoms with E-state index in [1.807, 2.05) is 4.90 Å². The van der Waals surface area contributed by atoms with Crippen molar-refractivity contribution in [2.24, 2.45) is 17.1 Å². The maximum Gasteiger partial charge on any atom is 0.239 e. The maximum atomic E-state index is 12.2. The Morgan fingerprint density at radius 1 is 1.29 bits per heavy atom. The highest BCUT2D eigenvalue weighted by molar-refractivity contribution is 5.81. The van der Waals surface area contributed by atoms with Crippen molar-refractivity contribution in [3.63, 3.8) is 0 Å². The number of carbonyl (C=O) groups excluding carboxylic acids is 1. The molecule has 3 heteroatoms. The zero-order valence-electron chi connectivity index (χ0n) is 11.8. The third-order valence-corrected chi connectivity index (χ3v) is 3.69. The molecule has 0 aromatic heterocycles. The van der Waals surface area contributed by atoms with Crippen LogP contribution in [0.5, 0.6) is 0 Å². The van der Waals surface area contributed by atoms with Crippen LogP contribution in [0.4, 0.5) is 0 Å². The molecule has 0 bridgehead atoms. The highest BCUT2D eigenvalue weighted by Gasteiger charge is 2.27. The van der Waals surface area contributed by atoms with Gasteiger partial charge in [0, 0.05) is 13.1 Å². The van der Waals surface area contributed by atoms with Gasteiger partial charge in [-0.05, 0) is 37.0 Å². The van der Waals surface area contributed by atoms with Crippen molar-refractivity contribution in [1.82, 2.24) is 4.90 Å². The number of nitrogens with two attached hydrogens (primary N) is 1. The van der Waals surface area contributed by atoms with Crippen LogP contribution < -0.4 is 5.73 Å². The van der Waals surface area contributed by atoms with Gasteiger partial charge in [0.25, 0.3) is 0 Å². The van der Waals surface area contributed by atoms with Crippen LogP contribution in [0, 0.1) is 11.3 Å². The Morgan fingerprint density at radius 2 is 1.94 bits per heavy atom. The zero-order valence-corrected chi connectivity index (χ0v) is 11.8. The van der Waals surface area contributed by atoms with E-state index in [1.54, 1.807) is 0 Å². The summed E-state index contributed by atoms with van der Waals surface area (Å²) in [6, 6.07) is -0.309. The van der Waals surface area contributed by atoms with Gasteiger partial charge in [0.1, 0.15) is 0 Å². The SMILES string of the molecule is CC(C)C[C@H](N)C(=O)N1CCCC(C)(C)CC1. The van der Waals surface area contributed by atoms with Crippen LogP contribution >= 0.6 is 0 Å². The van der Waals surface area contributed by atoms with Crippen LogP contribution in [-0.2, 0) is 4.79 Å². The quantitative estimate of drug-likeness (QED) is 0.823. The van der Waals surface area contributed by atoms with Gasteiger partial charge in [0.05, 0.1) is 6.04 Å². The van der Waals surface area contributed by atoms with Gasteiger partial charge >= 0.3 is 0 Å². The molecule has 0 saturated carbocycles. The van der Waals surface area contributed by atoms with E-state index in [2.05, 4.69) is 27.7 Å². The van der Waals surface area contributed by atoms with E-state index < -0.39 is 0 Å². The lowest BCUT2D eigenvalue weighted by atomic mass is 9.85. The van der Waals surface area contributed by atoms with Crippen LogP contribution in [0.1, 0.15) is 53.4 Å². The van der Waals surface area contributed by atoms with Crippen LogP contribution in [0.25, 0.3) is 0 Å². The first-order valence-corrected chi connectivity index (χ1v) is 6.86. The Labute approximate surface area is 106 Å². The van der Waals surface area contributed by atoms with Crippen molar-refractivity contribution in [3.05, 3.63) is 0 Å². The zero-order chi connectivity index (χ0) is 13.1. The summed E-state index contributed by atoms with van der Waals surface area (Å²) in [7, 11) is 0. The summed E-state index contributed by atoms with van der Waals surface area (Å²) in [4.78, 5) is 14.2. The molecule has 0 aromatic carbocycles. The Bertz CT molecular complexity index is 261. The second-order valence-electron chi connectivity index (χ2n) is 6.58. The Balaban J connectivity index is 2.52. The number of amides is 1. The standard InChI is InChI=1S/C14H28N2O/c1-11(2)10-12(15)13(17)16-8-5-6-14(3,4)7-9-16/h11-12H,5-10,15H2,1-4H3/t12-/m0/s1. The molecule has 1 aliphatic heterocycles. The number of hydrogen-bond donors (Lipinski definition) is 1. The summed E-state index contributed by atoms with van der Waals surface area (Å²) in [6.07, 6.45) is 4.19. The van der Waals surface area contributed by atoms with Crippen LogP contribution in [0.15, 0.2) is 0 Å². The predicted octanol–water partition coefficient (Wildman–Crippen LogP) is 2.40. The molecule has 1 atom stereocenters. The molecule has 17 heavy (non-hydrogen) atoms. The largest absolute Gasteiger partial charge is 0.341 e. The Hall–Kier alpha value is -0.570. The summed E-state index contributed by atoms with van der Waals surface area (Å²) in [5.41, 5.74) is 6.35. The molecule has 2 N–H and O–H groups in total. The van der Waals surface area contributed by atoms with Gasteiger partial charge in [-0.2, -0.15) is 0 Å². The second-order valence-corrected chi connectivity index (χ2v) is 6.58. The molecule has 0 unspecified atom stereocenters. The minimum atomic E-state index is -0.309. The lowest BCUT2D eigenvalue weighted by Gasteiger charge is -2.26. The molecule has 100 valence electrons. The fourth-order valence-electron chi connectivity index (χ4n) is 2.49. The Kier molecular flexibility index (Phi) is 4.99. The molecule has 1 amide bonds. The molecule has 1 heterocycles. The van der Waals surface area contributed by atoms with Gasteiger partial charge in [-0.1, -0.05) is 27.7 Å². The van der Waals surface area contributed by atoms with Crippen molar-refractivity contribution in [3.8, 4) is 0 Å². The minimum Gasteiger partial charge on any atom is -0.341 e. The molecule has 1 fully saturated rings. The van der Waals surface area contributed by atoms with Gasteiger partial charge in [0.15, 0.2) is 0 Å². The van der Waals surface area contributed by atoms with E-state index in [4.69, 9.17) is 5.73 Å². The second kappa shape index (κ2) is 5.85. The predicted molar refractivity (Wildman–Crippen MR) is 71.6 cm³/mol. The van der Waals surface area contributed by atoms with E-state index in [-0.39, 0.29) is 11.9 Å².